The minimum atomic E-state index is -0.566. The molecule has 2 N–H and O–H groups in total. The first-order chi connectivity index (χ1) is 12.5. The van der Waals surface area contributed by atoms with E-state index in [1.165, 1.54) is 18.2 Å². The summed E-state index contributed by atoms with van der Waals surface area (Å²) in [5.41, 5.74) is 1.36. The molecule has 8 heteroatoms. The molecule has 3 rings (SSSR count). The molecule has 0 saturated heterocycles. The van der Waals surface area contributed by atoms with Crippen molar-refractivity contribution in [1.29, 1.82) is 0 Å². The molecular weight excluding hydrogens is 359 g/mol. The van der Waals surface area contributed by atoms with Crippen molar-refractivity contribution in [3.05, 3.63) is 58.9 Å². The molecular formula is C18H18ClFN4O2. The van der Waals surface area contributed by atoms with Gasteiger partial charge in [-0.15, -0.1) is 6.58 Å². The van der Waals surface area contributed by atoms with Crippen LogP contribution in [0.2, 0.25) is 5.02 Å². The van der Waals surface area contributed by atoms with Gasteiger partial charge in [-0.3, -0.25) is 9.59 Å². The molecule has 1 aliphatic rings. The minimum Gasteiger partial charge on any atom is -0.347 e. The second-order valence-corrected chi connectivity index (χ2v) is 6.33. The Kier molecular flexibility index (Phi) is 5.37. The molecule has 26 heavy (non-hydrogen) atoms. The van der Waals surface area contributed by atoms with Crippen LogP contribution in [0.5, 0.6) is 0 Å². The van der Waals surface area contributed by atoms with Gasteiger partial charge in [0.25, 0.3) is 11.8 Å². The van der Waals surface area contributed by atoms with Crippen LogP contribution in [-0.2, 0) is 13.0 Å². The van der Waals surface area contributed by atoms with Gasteiger partial charge in [-0.25, -0.2) is 9.37 Å². The largest absolute Gasteiger partial charge is 0.347 e. The number of benzene rings is 1. The first-order valence-electron chi connectivity index (χ1n) is 8.26. The van der Waals surface area contributed by atoms with Crippen LogP contribution in [0.15, 0.2) is 30.9 Å². The highest BCUT2D eigenvalue weighted by Gasteiger charge is 2.27. The van der Waals surface area contributed by atoms with E-state index in [1.54, 1.807) is 10.6 Å². The number of fused-ring (bicyclic) bond motifs is 1. The number of nitrogens with zero attached hydrogens (tertiary/aromatic N) is 2. The van der Waals surface area contributed by atoms with Crippen molar-refractivity contribution >= 4 is 29.1 Å². The third kappa shape index (κ3) is 3.62. The van der Waals surface area contributed by atoms with Crippen molar-refractivity contribution in [2.75, 3.05) is 11.9 Å². The molecule has 0 bridgehead atoms. The second kappa shape index (κ2) is 7.70. The minimum absolute atomic E-state index is 0.0857. The van der Waals surface area contributed by atoms with E-state index in [-0.39, 0.29) is 22.4 Å². The van der Waals surface area contributed by atoms with Crippen molar-refractivity contribution in [3.8, 4) is 0 Å². The number of anilines is 1. The summed E-state index contributed by atoms with van der Waals surface area (Å²) in [5.74, 6) is -1.22. The zero-order valence-corrected chi connectivity index (χ0v) is 14.8. The number of halogens is 2. The summed E-state index contributed by atoms with van der Waals surface area (Å²) in [6, 6.07) is 3.91. The van der Waals surface area contributed by atoms with Crippen LogP contribution >= 0.6 is 11.6 Å². The lowest BCUT2D eigenvalue weighted by Crippen LogP contribution is -2.25. The summed E-state index contributed by atoms with van der Waals surface area (Å²) in [4.78, 5) is 29.3. The highest BCUT2D eigenvalue weighted by atomic mass is 35.5. The maximum atomic E-state index is 13.3. The molecule has 2 amide bonds. The number of amides is 2. The van der Waals surface area contributed by atoms with Crippen LogP contribution in [0.25, 0.3) is 0 Å². The highest BCUT2D eigenvalue weighted by molar-refractivity contribution is 6.31. The molecule has 0 saturated carbocycles. The van der Waals surface area contributed by atoms with Gasteiger partial charge < -0.3 is 15.2 Å². The van der Waals surface area contributed by atoms with Gasteiger partial charge in [0.15, 0.2) is 5.82 Å². The Labute approximate surface area is 155 Å². The van der Waals surface area contributed by atoms with Crippen molar-refractivity contribution in [2.45, 2.75) is 25.8 Å². The number of aromatic nitrogens is 2. The molecule has 0 radical (unpaired) electrons. The molecule has 1 aromatic heterocycles. The zero-order valence-electron chi connectivity index (χ0n) is 14.0. The van der Waals surface area contributed by atoms with E-state index in [2.05, 4.69) is 22.2 Å². The lowest BCUT2D eigenvalue weighted by Gasteiger charge is -2.17. The molecule has 0 fully saturated rings. The molecule has 6 nitrogen and oxygen atoms in total. The lowest BCUT2D eigenvalue weighted by atomic mass is 10.1. The number of carbonyl (C=O) groups excluding carboxylic acids is 2. The van der Waals surface area contributed by atoms with Crippen LogP contribution in [0.3, 0.4) is 0 Å². The van der Waals surface area contributed by atoms with E-state index in [9.17, 15) is 14.0 Å². The highest BCUT2D eigenvalue weighted by Crippen LogP contribution is 2.23. The van der Waals surface area contributed by atoms with Crippen molar-refractivity contribution in [1.82, 2.24) is 14.9 Å². The molecule has 1 aromatic carbocycles. The topological polar surface area (TPSA) is 76.0 Å². The summed E-state index contributed by atoms with van der Waals surface area (Å²) in [6.07, 6.45) is 4.09. The van der Waals surface area contributed by atoms with Crippen LogP contribution in [0.1, 0.15) is 39.6 Å². The van der Waals surface area contributed by atoms with E-state index in [0.717, 1.165) is 18.5 Å². The molecule has 0 aliphatic carbocycles. The first-order valence-corrected chi connectivity index (χ1v) is 8.64. The quantitative estimate of drug-likeness (QED) is 0.787. The third-order valence-corrected chi connectivity index (χ3v) is 4.41. The molecule has 2 aromatic rings. The maximum absolute atomic E-state index is 13.3. The fourth-order valence-corrected chi connectivity index (χ4v) is 3.09. The Morgan fingerprint density at radius 3 is 2.88 bits per heavy atom. The van der Waals surface area contributed by atoms with E-state index in [1.807, 2.05) is 0 Å². The standard InChI is InChI=1S/C18H18ClFN4O2/c1-2-8-21-17(25)15-14-5-3-4-9-24(14)16(23-15)18(26)22-11-6-7-13(20)12(19)10-11/h2,6-7,10H,1,3-5,8-9H2,(H,21,25)(H,22,26). The SMILES string of the molecule is C=CCNC(=O)c1nc(C(=O)Nc2ccc(F)c(Cl)c2)n2c1CCCC2. The number of nitrogens with one attached hydrogen (secondary N) is 2. The number of hydrogen-bond donors (Lipinski definition) is 2. The Morgan fingerprint density at radius 1 is 1.35 bits per heavy atom. The number of hydrogen-bond acceptors (Lipinski definition) is 3. The van der Waals surface area contributed by atoms with Crippen molar-refractivity contribution in [3.63, 3.8) is 0 Å². The molecule has 0 atom stereocenters. The number of carbonyl (C=O) groups is 2. The fraction of sp³-hybridized carbons (Fsp3) is 0.278. The van der Waals surface area contributed by atoms with Crippen molar-refractivity contribution in [2.24, 2.45) is 0 Å². The van der Waals surface area contributed by atoms with Gasteiger partial charge in [0.1, 0.15) is 11.5 Å². The van der Waals surface area contributed by atoms with E-state index < -0.39 is 11.7 Å². The predicted molar refractivity (Wildman–Crippen MR) is 97.1 cm³/mol. The summed E-state index contributed by atoms with van der Waals surface area (Å²) in [6.45, 7) is 4.50. The molecule has 0 unspecified atom stereocenters. The average Bonchev–Trinajstić information content (AvgIpc) is 3.03. The summed E-state index contributed by atoms with van der Waals surface area (Å²) >= 11 is 5.74. The average molecular weight is 377 g/mol. The Morgan fingerprint density at radius 2 is 2.15 bits per heavy atom. The van der Waals surface area contributed by atoms with Crippen LogP contribution in [0.4, 0.5) is 10.1 Å². The molecule has 136 valence electrons. The summed E-state index contributed by atoms with van der Waals surface area (Å²) < 4.78 is 15.0. The van der Waals surface area contributed by atoms with E-state index in [0.29, 0.717) is 25.2 Å². The van der Waals surface area contributed by atoms with Gasteiger partial charge in [-0.1, -0.05) is 17.7 Å². The lowest BCUT2D eigenvalue weighted by molar-refractivity contribution is 0.0952. The summed E-state index contributed by atoms with van der Waals surface area (Å²) in [5, 5.41) is 5.26. The second-order valence-electron chi connectivity index (χ2n) is 5.92. The van der Waals surface area contributed by atoms with Gasteiger partial charge >= 0.3 is 0 Å². The predicted octanol–water partition coefficient (Wildman–Crippen LogP) is 3.18. The van der Waals surface area contributed by atoms with Crippen LogP contribution in [0, 0.1) is 5.82 Å². The first kappa shape index (κ1) is 18.1. The van der Waals surface area contributed by atoms with Gasteiger partial charge in [-0.05, 0) is 37.5 Å². The number of rotatable bonds is 5. The normalized spacial score (nSPS) is 13.0. The van der Waals surface area contributed by atoms with Gasteiger partial charge in [0, 0.05) is 18.8 Å². The Bertz CT molecular complexity index is 878. The van der Waals surface area contributed by atoms with Crippen LogP contribution < -0.4 is 10.6 Å². The third-order valence-electron chi connectivity index (χ3n) is 4.12. The van der Waals surface area contributed by atoms with Crippen molar-refractivity contribution < 1.29 is 14.0 Å². The Balaban J connectivity index is 1.89. The van der Waals surface area contributed by atoms with Crippen LogP contribution in [-0.4, -0.2) is 27.9 Å². The zero-order chi connectivity index (χ0) is 18.7. The smallest absolute Gasteiger partial charge is 0.291 e. The Hall–Kier alpha value is -2.67. The molecule has 0 spiro atoms. The molecule has 2 heterocycles. The summed E-state index contributed by atoms with van der Waals surface area (Å²) in [7, 11) is 0. The monoisotopic (exact) mass is 376 g/mol. The number of imidazole rings is 1. The maximum Gasteiger partial charge on any atom is 0.291 e. The fourth-order valence-electron chi connectivity index (χ4n) is 2.91. The van der Waals surface area contributed by atoms with Gasteiger partial charge in [0.05, 0.1) is 10.7 Å². The van der Waals surface area contributed by atoms with E-state index >= 15 is 0 Å². The van der Waals surface area contributed by atoms with E-state index in [4.69, 9.17) is 11.6 Å². The van der Waals surface area contributed by atoms with Gasteiger partial charge in [0.2, 0.25) is 0 Å². The molecule has 1 aliphatic heterocycles. The van der Waals surface area contributed by atoms with Gasteiger partial charge in [-0.2, -0.15) is 0 Å².